The molecule has 0 radical (unpaired) electrons. The van der Waals surface area contributed by atoms with Gasteiger partial charge in [0.2, 0.25) is 15.4 Å². The van der Waals surface area contributed by atoms with Crippen LogP contribution in [0.2, 0.25) is 0 Å². The smallest absolute Gasteiger partial charge is 0.407 e. The van der Waals surface area contributed by atoms with Gasteiger partial charge in [0.1, 0.15) is 40.2 Å². The average Bonchev–Trinajstić information content (AvgIpc) is 3.01. The zero-order chi connectivity index (χ0) is 35.4. The second-order valence-electron chi connectivity index (χ2n) is 12.1. The molecule has 0 spiro atoms. The van der Waals surface area contributed by atoms with E-state index in [9.17, 15) is 26.2 Å². The van der Waals surface area contributed by atoms with Gasteiger partial charge in [-0.15, -0.1) is 0 Å². The van der Waals surface area contributed by atoms with Crippen LogP contribution in [-0.4, -0.2) is 72.4 Å². The normalized spacial score (nSPS) is 12.3. The summed E-state index contributed by atoms with van der Waals surface area (Å²) in [5.74, 6) is 0.476. The van der Waals surface area contributed by atoms with Crippen molar-refractivity contribution < 1.29 is 35.3 Å². The molecule has 48 heavy (non-hydrogen) atoms. The van der Waals surface area contributed by atoms with Gasteiger partial charge in [0.15, 0.2) is 0 Å². The van der Waals surface area contributed by atoms with E-state index in [1.165, 1.54) is 12.1 Å². The minimum absolute atomic E-state index is 0.0486. The highest BCUT2D eigenvalue weighted by molar-refractivity contribution is 7.89. The van der Waals surface area contributed by atoms with Crippen molar-refractivity contribution in [1.82, 2.24) is 14.6 Å². The predicted octanol–water partition coefficient (Wildman–Crippen LogP) is 4.57. The van der Waals surface area contributed by atoms with E-state index < -0.39 is 41.6 Å². The van der Waals surface area contributed by atoms with Crippen LogP contribution in [0.1, 0.15) is 48.5 Å². The molecule has 4 rings (SSSR count). The van der Waals surface area contributed by atoms with Gasteiger partial charge < -0.3 is 23.9 Å². The second-order valence-corrected chi connectivity index (χ2v) is 15.2. The Morgan fingerprint density at radius 2 is 1.56 bits per heavy atom. The third-order valence-electron chi connectivity index (χ3n) is 7.83. The van der Waals surface area contributed by atoms with Crippen molar-refractivity contribution in [1.29, 1.82) is 0 Å². The highest BCUT2D eigenvalue weighted by Gasteiger charge is 2.25. The van der Waals surface area contributed by atoms with Crippen LogP contribution in [0, 0.1) is 0 Å². The van der Waals surface area contributed by atoms with Crippen molar-refractivity contribution in [2.75, 3.05) is 44.2 Å². The summed E-state index contributed by atoms with van der Waals surface area (Å²) in [4.78, 5) is 13.0. The van der Waals surface area contributed by atoms with E-state index in [0.29, 0.717) is 27.9 Å². The maximum Gasteiger partial charge on any atom is 0.407 e. The van der Waals surface area contributed by atoms with Gasteiger partial charge in [-0.1, -0.05) is 6.07 Å². The molecule has 14 heteroatoms. The Morgan fingerprint density at radius 3 is 2.17 bits per heavy atom. The van der Waals surface area contributed by atoms with Crippen molar-refractivity contribution in [3.63, 3.8) is 0 Å². The first-order valence-corrected chi connectivity index (χ1v) is 18.8. The quantitative estimate of drug-likeness (QED) is 0.0934. The lowest BCUT2D eigenvalue weighted by molar-refractivity contribution is 0.0529. The summed E-state index contributed by atoms with van der Waals surface area (Å²) in [5.41, 5.74) is 1.69. The molecule has 12 nitrogen and oxygen atoms in total. The fourth-order valence-electron chi connectivity index (χ4n) is 5.56. The molecule has 1 heterocycles. The number of amides is 1. The van der Waals surface area contributed by atoms with Crippen LogP contribution in [0.15, 0.2) is 68.8 Å². The zero-order valence-corrected chi connectivity index (χ0v) is 30.0. The summed E-state index contributed by atoms with van der Waals surface area (Å²) in [6, 6.07) is 14.7. The average molecular weight is 701 g/mol. The first-order valence-electron chi connectivity index (χ1n) is 15.9. The number of nitrogens with zero attached hydrogens (tertiary/aromatic N) is 2. The lowest BCUT2D eigenvalue weighted by atomic mass is 9.93. The first-order chi connectivity index (χ1) is 22.5. The number of anilines is 1. The molecular formula is C34H44N4O8S2. The predicted molar refractivity (Wildman–Crippen MR) is 186 cm³/mol. The van der Waals surface area contributed by atoms with Gasteiger partial charge in [0.25, 0.3) is 0 Å². The summed E-state index contributed by atoms with van der Waals surface area (Å²) < 4.78 is 80.9. The summed E-state index contributed by atoms with van der Waals surface area (Å²) >= 11 is 0. The molecule has 260 valence electrons. The number of benzene rings is 3. The van der Waals surface area contributed by atoms with Gasteiger partial charge >= 0.3 is 6.09 Å². The van der Waals surface area contributed by atoms with Crippen LogP contribution in [0.4, 0.5) is 10.5 Å². The van der Waals surface area contributed by atoms with Crippen LogP contribution in [0.3, 0.4) is 0 Å². The fraction of sp³-hybridized carbons (Fsp3) is 0.412. The van der Waals surface area contributed by atoms with Gasteiger partial charge in [0.05, 0.1) is 15.9 Å². The molecule has 1 aliphatic heterocycles. The zero-order valence-electron chi connectivity index (χ0n) is 28.4. The summed E-state index contributed by atoms with van der Waals surface area (Å²) in [5, 5.41) is 3.92. The number of sulfonamides is 1. The molecule has 0 atom stereocenters. The maximum atomic E-state index is 13.2. The maximum absolute atomic E-state index is 13.2. The molecule has 0 fully saturated rings. The molecule has 0 bridgehead atoms. The highest BCUT2D eigenvalue weighted by Crippen LogP contribution is 2.43. The van der Waals surface area contributed by atoms with E-state index in [-0.39, 0.29) is 18.7 Å². The van der Waals surface area contributed by atoms with Crippen molar-refractivity contribution in [2.45, 2.75) is 63.9 Å². The van der Waals surface area contributed by atoms with Crippen LogP contribution in [0.5, 0.6) is 0 Å². The summed E-state index contributed by atoms with van der Waals surface area (Å²) in [6.45, 7) is 16.0. The Labute approximate surface area is 282 Å². The molecule has 2 N–H and O–H groups in total. The number of ether oxygens (including phenoxy) is 1. The number of hydrogen-bond acceptors (Lipinski definition) is 9. The summed E-state index contributed by atoms with van der Waals surface area (Å²) in [7, 11) is -9.45. The Bertz CT molecular complexity index is 2060. The summed E-state index contributed by atoms with van der Waals surface area (Å²) in [6.07, 6.45) is -0.715. The highest BCUT2D eigenvalue weighted by atomic mass is 32.2. The van der Waals surface area contributed by atoms with E-state index in [1.54, 1.807) is 20.8 Å². The standard InChI is InChI=1S/C34H44N4O8S2/c1-8-37(9-2)23-12-15-26-29(20-23)45-30-21-24(38(10-3)11-4)13-16-27(30)32(26)28-17-14-25(22-31(28)48(42,43)44)47(40,41)36-19-18-35-33(39)46-34(5,6)7/h12-17,20-22,36H,8-11,18-19H2,1-7H3,(H-,35,39,42,43,44). The molecular weight excluding hydrogens is 657 g/mol. The number of alkyl carbamates (subject to hydrolysis) is 1. The van der Waals surface area contributed by atoms with Gasteiger partial charge in [-0.2, -0.15) is 0 Å². The molecule has 0 saturated heterocycles. The Balaban J connectivity index is 1.88. The SMILES string of the molecule is CCN(CC)c1ccc2c(-c3ccc(S(=O)(=O)NCCNC(=O)OC(C)(C)C)cc3S(=O)(=O)[O-])c3ccc(=[N+](CC)CC)cc-3oc2c1. The number of carbonyl (C=O) groups excluding carboxylic acids is 1. The molecule has 2 aromatic carbocycles. The number of rotatable bonds is 12. The van der Waals surface area contributed by atoms with E-state index in [1.807, 2.05) is 64.1 Å². The number of nitrogens with one attached hydrogen (secondary N) is 2. The Hall–Kier alpha value is -3.98. The van der Waals surface area contributed by atoms with Crippen molar-refractivity contribution >= 4 is 42.9 Å². The molecule has 0 saturated carbocycles. The lowest BCUT2D eigenvalue weighted by Gasteiger charge is -2.23. The third-order valence-corrected chi connectivity index (χ3v) is 10.2. The van der Waals surface area contributed by atoms with Crippen LogP contribution in [0.25, 0.3) is 33.4 Å². The first kappa shape index (κ1) is 36.8. The van der Waals surface area contributed by atoms with Gasteiger partial charge in [-0.05, 0) is 78.8 Å². The topological polar surface area (TPSA) is 161 Å². The third kappa shape index (κ3) is 8.35. The minimum Gasteiger partial charge on any atom is -0.744 e. The van der Waals surface area contributed by atoms with Crippen LogP contribution in [-0.2, 0) is 24.9 Å². The molecule has 1 aliphatic carbocycles. The van der Waals surface area contributed by atoms with Crippen LogP contribution < -0.4 is 24.9 Å². The largest absolute Gasteiger partial charge is 0.744 e. The monoisotopic (exact) mass is 700 g/mol. The van der Waals surface area contributed by atoms with E-state index in [4.69, 9.17) is 9.15 Å². The molecule has 1 amide bonds. The second kappa shape index (κ2) is 14.6. The Morgan fingerprint density at radius 1 is 0.896 bits per heavy atom. The number of carbonyl (C=O) groups is 1. The van der Waals surface area contributed by atoms with E-state index >= 15 is 0 Å². The molecule has 2 aliphatic rings. The van der Waals surface area contributed by atoms with Gasteiger partial charge in [-0.3, -0.25) is 0 Å². The van der Waals surface area contributed by atoms with Crippen molar-refractivity contribution in [3.05, 3.63) is 60.0 Å². The minimum atomic E-state index is -5.18. The van der Waals surface area contributed by atoms with Crippen molar-refractivity contribution in [3.8, 4) is 22.5 Å². The number of hydrogen-bond donors (Lipinski definition) is 2. The Kier molecular flexibility index (Phi) is 11.2. The van der Waals surface area contributed by atoms with Gasteiger partial charge in [0, 0.05) is 66.1 Å². The molecule has 0 aromatic heterocycles. The van der Waals surface area contributed by atoms with E-state index in [0.717, 1.165) is 43.3 Å². The van der Waals surface area contributed by atoms with Gasteiger partial charge in [-0.25, -0.2) is 30.9 Å². The number of fused-ring (bicyclic) bond motifs is 2. The van der Waals surface area contributed by atoms with Crippen molar-refractivity contribution in [2.24, 2.45) is 0 Å². The van der Waals surface area contributed by atoms with E-state index in [2.05, 4.69) is 19.5 Å². The molecule has 2 aromatic rings. The molecule has 0 unspecified atom stereocenters. The fourth-order valence-corrected chi connectivity index (χ4v) is 7.40. The lowest BCUT2D eigenvalue weighted by Crippen LogP contribution is -2.37. The van der Waals surface area contributed by atoms with Crippen LogP contribution >= 0.6 is 0 Å².